The minimum absolute atomic E-state index is 0.160. The lowest BCUT2D eigenvalue weighted by atomic mass is 10.3. The SMILES string of the molecule is O=c1c2ncn(CCCCO)c2nc2[nH]c(-c3cccs3)cn12. The Labute approximate surface area is 134 Å². The van der Waals surface area contributed by atoms with Crippen LogP contribution in [0.2, 0.25) is 0 Å². The number of aliphatic hydroxyl groups excluding tert-OH is 1. The molecule has 0 aliphatic heterocycles. The molecule has 0 amide bonds. The molecular formula is C15H15N5O2S. The van der Waals surface area contributed by atoms with Gasteiger partial charge in [0.1, 0.15) is 0 Å². The average Bonchev–Trinajstić information content (AvgIpc) is 3.26. The van der Waals surface area contributed by atoms with E-state index in [2.05, 4.69) is 15.0 Å². The first-order chi connectivity index (χ1) is 11.3. The van der Waals surface area contributed by atoms with E-state index in [4.69, 9.17) is 5.11 Å². The number of aliphatic hydroxyl groups is 1. The fourth-order valence-electron chi connectivity index (χ4n) is 2.61. The van der Waals surface area contributed by atoms with Gasteiger partial charge in [-0.05, 0) is 24.3 Å². The summed E-state index contributed by atoms with van der Waals surface area (Å²) in [5.41, 5.74) is 1.63. The molecule has 118 valence electrons. The summed E-state index contributed by atoms with van der Waals surface area (Å²) in [6.45, 7) is 0.839. The van der Waals surface area contributed by atoms with Crippen LogP contribution in [0.1, 0.15) is 12.8 Å². The zero-order valence-corrected chi connectivity index (χ0v) is 13.1. The highest BCUT2D eigenvalue weighted by Gasteiger charge is 2.14. The Bertz CT molecular complexity index is 1010. The van der Waals surface area contributed by atoms with Gasteiger partial charge in [-0.25, -0.2) is 9.38 Å². The predicted octanol–water partition coefficient (Wildman–Crippen LogP) is 1.87. The molecule has 4 aromatic rings. The minimum atomic E-state index is -0.176. The van der Waals surface area contributed by atoms with Crippen molar-refractivity contribution < 1.29 is 5.11 Å². The van der Waals surface area contributed by atoms with Gasteiger partial charge in [-0.3, -0.25) is 4.79 Å². The van der Waals surface area contributed by atoms with Gasteiger partial charge in [-0.15, -0.1) is 11.3 Å². The van der Waals surface area contributed by atoms with Crippen LogP contribution in [0.4, 0.5) is 0 Å². The first kappa shape index (κ1) is 14.2. The molecule has 0 radical (unpaired) electrons. The van der Waals surface area contributed by atoms with E-state index >= 15 is 0 Å². The molecule has 7 nitrogen and oxygen atoms in total. The number of imidazole rings is 2. The zero-order chi connectivity index (χ0) is 15.8. The van der Waals surface area contributed by atoms with Crippen molar-refractivity contribution in [3.63, 3.8) is 0 Å². The molecule has 8 heteroatoms. The second-order valence-electron chi connectivity index (χ2n) is 5.30. The molecule has 0 saturated carbocycles. The van der Waals surface area contributed by atoms with Crippen LogP contribution in [0.5, 0.6) is 0 Å². The predicted molar refractivity (Wildman–Crippen MR) is 88.7 cm³/mol. The van der Waals surface area contributed by atoms with E-state index in [0.29, 0.717) is 29.9 Å². The topological polar surface area (TPSA) is 88.2 Å². The van der Waals surface area contributed by atoms with Crippen LogP contribution >= 0.6 is 11.3 Å². The van der Waals surface area contributed by atoms with Crippen LogP contribution in [0.25, 0.3) is 27.5 Å². The van der Waals surface area contributed by atoms with Gasteiger partial charge < -0.3 is 14.7 Å². The molecule has 4 rings (SSSR count). The average molecular weight is 329 g/mol. The maximum absolute atomic E-state index is 12.6. The van der Waals surface area contributed by atoms with Crippen molar-refractivity contribution in [1.29, 1.82) is 0 Å². The van der Waals surface area contributed by atoms with E-state index in [1.165, 1.54) is 4.40 Å². The number of nitrogens with one attached hydrogen (secondary N) is 1. The first-order valence-electron chi connectivity index (χ1n) is 7.39. The van der Waals surface area contributed by atoms with E-state index in [-0.39, 0.29) is 12.2 Å². The molecule has 0 bridgehead atoms. The number of rotatable bonds is 5. The monoisotopic (exact) mass is 329 g/mol. The number of unbranched alkanes of at least 4 members (excludes halogenated alkanes) is 1. The van der Waals surface area contributed by atoms with Crippen LogP contribution in [0.3, 0.4) is 0 Å². The lowest BCUT2D eigenvalue weighted by molar-refractivity contribution is 0.281. The summed E-state index contributed by atoms with van der Waals surface area (Å²) in [4.78, 5) is 25.6. The lowest BCUT2D eigenvalue weighted by Gasteiger charge is -2.02. The molecule has 0 aromatic carbocycles. The van der Waals surface area contributed by atoms with Gasteiger partial charge >= 0.3 is 0 Å². The molecule has 0 aliphatic rings. The molecule has 0 spiro atoms. The van der Waals surface area contributed by atoms with Crippen molar-refractivity contribution in [1.82, 2.24) is 23.9 Å². The van der Waals surface area contributed by atoms with Gasteiger partial charge in [0.15, 0.2) is 11.2 Å². The standard InChI is InChI=1S/C15H15N5O2S/c21-6-2-1-5-19-9-16-12-13(19)18-15-17-10(8-20(15)14(12)22)11-4-3-7-23-11/h3-4,7-9,21H,1-2,5-6H2,(H,17,18). The van der Waals surface area contributed by atoms with E-state index in [9.17, 15) is 4.79 Å². The highest BCUT2D eigenvalue weighted by atomic mass is 32.1. The van der Waals surface area contributed by atoms with E-state index < -0.39 is 0 Å². The molecule has 0 fully saturated rings. The summed E-state index contributed by atoms with van der Waals surface area (Å²) in [6.07, 6.45) is 4.93. The molecule has 23 heavy (non-hydrogen) atoms. The van der Waals surface area contributed by atoms with Crippen LogP contribution in [-0.4, -0.2) is 35.6 Å². The number of H-pyrrole nitrogens is 1. The normalized spacial score (nSPS) is 11.7. The fourth-order valence-corrected chi connectivity index (χ4v) is 3.30. The number of aryl methyl sites for hydroxylation is 1. The third-order valence-corrected chi connectivity index (χ3v) is 4.67. The Morgan fingerprint density at radius 3 is 3.04 bits per heavy atom. The van der Waals surface area contributed by atoms with Gasteiger partial charge in [-0.2, -0.15) is 4.98 Å². The van der Waals surface area contributed by atoms with Gasteiger partial charge in [-0.1, -0.05) is 6.07 Å². The molecular weight excluding hydrogens is 314 g/mol. The lowest BCUT2D eigenvalue weighted by Crippen LogP contribution is -2.14. The molecule has 0 atom stereocenters. The minimum Gasteiger partial charge on any atom is -0.396 e. The van der Waals surface area contributed by atoms with Gasteiger partial charge in [0.2, 0.25) is 5.78 Å². The Morgan fingerprint density at radius 2 is 2.26 bits per heavy atom. The number of hydrogen-bond acceptors (Lipinski definition) is 5. The second kappa shape index (κ2) is 5.64. The summed E-state index contributed by atoms with van der Waals surface area (Å²) in [5.74, 6) is 0.509. The number of fused-ring (bicyclic) bond motifs is 2. The summed E-state index contributed by atoms with van der Waals surface area (Å²) in [7, 11) is 0. The van der Waals surface area contributed by atoms with Crippen LogP contribution in [0.15, 0.2) is 34.8 Å². The Morgan fingerprint density at radius 1 is 1.35 bits per heavy atom. The Kier molecular flexibility index (Phi) is 3.47. The quantitative estimate of drug-likeness (QED) is 0.547. The molecule has 0 unspecified atom stereocenters. The largest absolute Gasteiger partial charge is 0.396 e. The number of hydrogen-bond donors (Lipinski definition) is 2. The van der Waals surface area contributed by atoms with E-state index in [1.807, 2.05) is 22.1 Å². The molecule has 4 aromatic heterocycles. The molecule has 2 N–H and O–H groups in total. The smallest absolute Gasteiger partial charge is 0.287 e. The third kappa shape index (κ3) is 2.36. The van der Waals surface area contributed by atoms with Crippen LogP contribution < -0.4 is 5.56 Å². The number of aromatic nitrogens is 5. The van der Waals surface area contributed by atoms with Crippen LogP contribution in [0, 0.1) is 0 Å². The first-order valence-corrected chi connectivity index (χ1v) is 8.27. The maximum Gasteiger partial charge on any atom is 0.287 e. The second-order valence-corrected chi connectivity index (χ2v) is 6.24. The number of aromatic amines is 1. The van der Waals surface area contributed by atoms with Crippen molar-refractivity contribution in [2.75, 3.05) is 6.61 Å². The van der Waals surface area contributed by atoms with E-state index in [0.717, 1.165) is 17.0 Å². The highest BCUT2D eigenvalue weighted by molar-refractivity contribution is 7.13. The fraction of sp³-hybridized carbons (Fsp3) is 0.267. The summed E-state index contributed by atoms with van der Waals surface area (Å²) in [5, 5.41) is 10.9. The van der Waals surface area contributed by atoms with Crippen molar-refractivity contribution in [2.24, 2.45) is 0 Å². The molecule has 0 saturated heterocycles. The number of thiophene rings is 1. The Hall–Kier alpha value is -2.45. The zero-order valence-electron chi connectivity index (χ0n) is 12.3. The summed E-state index contributed by atoms with van der Waals surface area (Å²) >= 11 is 1.60. The van der Waals surface area contributed by atoms with Crippen LogP contribution in [-0.2, 0) is 6.54 Å². The van der Waals surface area contributed by atoms with Gasteiger partial charge in [0.25, 0.3) is 5.56 Å². The molecule has 4 heterocycles. The van der Waals surface area contributed by atoms with Gasteiger partial charge in [0, 0.05) is 19.3 Å². The Balaban J connectivity index is 1.84. The third-order valence-electron chi connectivity index (χ3n) is 3.77. The summed E-state index contributed by atoms with van der Waals surface area (Å²) in [6, 6.07) is 3.96. The van der Waals surface area contributed by atoms with E-state index in [1.54, 1.807) is 23.9 Å². The highest BCUT2D eigenvalue weighted by Crippen LogP contribution is 2.23. The number of nitrogens with zero attached hydrogens (tertiary/aromatic N) is 4. The molecule has 0 aliphatic carbocycles. The van der Waals surface area contributed by atoms with Crippen molar-refractivity contribution >= 4 is 28.3 Å². The van der Waals surface area contributed by atoms with Gasteiger partial charge in [0.05, 0.1) is 16.9 Å². The maximum atomic E-state index is 12.6. The van der Waals surface area contributed by atoms with Crippen molar-refractivity contribution in [3.8, 4) is 10.6 Å². The van der Waals surface area contributed by atoms with Crippen molar-refractivity contribution in [3.05, 3.63) is 40.4 Å². The summed E-state index contributed by atoms with van der Waals surface area (Å²) < 4.78 is 3.36. The van der Waals surface area contributed by atoms with Crippen molar-refractivity contribution in [2.45, 2.75) is 19.4 Å².